The van der Waals surface area contributed by atoms with Crippen LogP contribution in [0, 0.1) is 11.8 Å². The Kier molecular flexibility index (Phi) is 6.49. The summed E-state index contributed by atoms with van der Waals surface area (Å²) in [6, 6.07) is 12.0. The molecule has 1 N–H and O–H groups in total. The molecule has 2 nitrogen and oxygen atoms in total. The van der Waals surface area contributed by atoms with Gasteiger partial charge in [-0.2, -0.15) is 13.2 Å². The number of aryl methyl sites for hydroxylation is 1. The maximum absolute atomic E-state index is 12.6. The molecule has 0 fully saturated rings. The summed E-state index contributed by atoms with van der Waals surface area (Å²) < 4.78 is 37.8. The van der Waals surface area contributed by atoms with Crippen LogP contribution in [0.15, 0.2) is 48.5 Å². The predicted molar refractivity (Wildman–Crippen MR) is 91.1 cm³/mol. The highest BCUT2D eigenvalue weighted by Gasteiger charge is 2.30. The number of carbonyl (C=O) groups excluding carboxylic acids is 1. The summed E-state index contributed by atoms with van der Waals surface area (Å²) in [6.07, 6.45) is -3.56. The van der Waals surface area contributed by atoms with Gasteiger partial charge >= 0.3 is 6.18 Å². The Morgan fingerprint density at radius 1 is 1.12 bits per heavy atom. The van der Waals surface area contributed by atoms with Crippen molar-refractivity contribution in [3.05, 3.63) is 70.2 Å². The molecule has 2 aromatic carbocycles. The second-order valence-electron chi connectivity index (χ2n) is 5.29. The van der Waals surface area contributed by atoms with Crippen molar-refractivity contribution in [2.45, 2.75) is 19.0 Å². The van der Waals surface area contributed by atoms with Gasteiger partial charge in [0.25, 0.3) is 0 Å². The molecule has 25 heavy (non-hydrogen) atoms. The van der Waals surface area contributed by atoms with Gasteiger partial charge in [-0.25, -0.2) is 0 Å². The largest absolute Gasteiger partial charge is 0.416 e. The molecule has 0 atom stereocenters. The van der Waals surface area contributed by atoms with E-state index in [1.807, 2.05) is 12.1 Å². The third kappa shape index (κ3) is 6.52. The van der Waals surface area contributed by atoms with Crippen LogP contribution in [-0.4, -0.2) is 12.5 Å². The third-order valence-electron chi connectivity index (χ3n) is 3.33. The van der Waals surface area contributed by atoms with Crippen molar-refractivity contribution < 1.29 is 18.0 Å². The number of hydrogen-bond acceptors (Lipinski definition) is 1. The van der Waals surface area contributed by atoms with Crippen LogP contribution in [0.3, 0.4) is 0 Å². The van der Waals surface area contributed by atoms with Crippen LogP contribution in [0.25, 0.3) is 0 Å². The van der Waals surface area contributed by atoms with Gasteiger partial charge in [-0.15, -0.1) is 0 Å². The van der Waals surface area contributed by atoms with Crippen LogP contribution in [0.1, 0.15) is 23.1 Å². The van der Waals surface area contributed by atoms with E-state index in [0.717, 1.165) is 17.7 Å². The molecule has 1 amide bonds. The zero-order chi connectivity index (χ0) is 18.3. The third-order valence-corrected chi connectivity index (χ3v) is 3.56. The van der Waals surface area contributed by atoms with Crippen molar-refractivity contribution in [2.75, 3.05) is 6.54 Å². The molecular weight excluding hydrogens is 351 g/mol. The Bertz CT molecular complexity index is 806. The maximum atomic E-state index is 12.6. The highest BCUT2D eigenvalue weighted by Crippen LogP contribution is 2.29. The Morgan fingerprint density at radius 3 is 2.60 bits per heavy atom. The Balaban J connectivity index is 1.81. The summed E-state index contributed by atoms with van der Waals surface area (Å²) >= 11 is 5.87. The van der Waals surface area contributed by atoms with E-state index in [9.17, 15) is 18.0 Å². The van der Waals surface area contributed by atoms with Crippen LogP contribution in [0.5, 0.6) is 0 Å². The number of rotatable bonds is 4. The molecule has 0 heterocycles. The first-order chi connectivity index (χ1) is 11.8. The minimum Gasteiger partial charge on any atom is -0.345 e. The van der Waals surface area contributed by atoms with Gasteiger partial charge in [0.05, 0.1) is 12.1 Å². The lowest BCUT2D eigenvalue weighted by atomic mass is 10.1. The van der Waals surface area contributed by atoms with Crippen LogP contribution in [0.4, 0.5) is 13.2 Å². The summed E-state index contributed by atoms with van der Waals surface area (Å²) in [5.41, 5.74) is 0.463. The molecule has 0 aromatic heterocycles. The number of carbonyl (C=O) groups is 1. The zero-order valence-corrected chi connectivity index (χ0v) is 13.9. The standard InChI is InChI=1S/C19H15ClF3NO/c20-17-8-2-5-15(13-17)9-10-18(25)24-11-3-6-14-4-1-7-16(12-14)19(21,22)23/h1-2,4-5,7-8,12-13H,9-11H2,(H,24,25). The number of benzene rings is 2. The van der Waals surface area contributed by atoms with Gasteiger partial charge in [0, 0.05) is 17.0 Å². The van der Waals surface area contributed by atoms with E-state index < -0.39 is 11.7 Å². The molecule has 0 spiro atoms. The lowest BCUT2D eigenvalue weighted by molar-refractivity contribution is -0.137. The van der Waals surface area contributed by atoms with E-state index in [4.69, 9.17) is 11.6 Å². The van der Waals surface area contributed by atoms with Gasteiger partial charge in [-0.1, -0.05) is 41.6 Å². The molecule has 0 radical (unpaired) electrons. The van der Waals surface area contributed by atoms with E-state index in [-0.39, 0.29) is 24.4 Å². The maximum Gasteiger partial charge on any atom is 0.416 e. The van der Waals surface area contributed by atoms with Gasteiger partial charge in [-0.05, 0) is 42.3 Å². The molecule has 0 unspecified atom stereocenters. The fourth-order valence-corrected chi connectivity index (χ4v) is 2.31. The Labute approximate surface area is 149 Å². The molecule has 0 saturated heterocycles. The summed E-state index contributed by atoms with van der Waals surface area (Å²) in [7, 11) is 0. The minimum absolute atomic E-state index is 0.0740. The van der Waals surface area contributed by atoms with Crippen molar-refractivity contribution in [2.24, 2.45) is 0 Å². The molecule has 2 rings (SSSR count). The van der Waals surface area contributed by atoms with Crippen LogP contribution >= 0.6 is 11.6 Å². The van der Waals surface area contributed by atoms with Crippen molar-refractivity contribution in [3.63, 3.8) is 0 Å². The molecule has 6 heteroatoms. The van der Waals surface area contributed by atoms with E-state index in [0.29, 0.717) is 11.4 Å². The van der Waals surface area contributed by atoms with Gasteiger partial charge in [-0.3, -0.25) is 4.79 Å². The normalized spacial score (nSPS) is 10.7. The van der Waals surface area contributed by atoms with Gasteiger partial charge in [0.1, 0.15) is 0 Å². The molecule has 0 saturated carbocycles. The van der Waals surface area contributed by atoms with E-state index in [2.05, 4.69) is 17.2 Å². The molecule has 0 aliphatic carbocycles. The molecule has 130 valence electrons. The number of amides is 1. The van der Waals surface area contributed by atoms with Gasteiger partial charge in [0.2, 0.25) is 5.91 Å². The average Bonchev–Trinajstić information content (AvgIpc) is 2.56. The topological polar surface area (TPSA) is 29.1 Å². The molecule has 0 aliphatic rings. The molecule has 2 aromatic rings. The Hall–Kier alpha value is -2.45. The monoisotopic (exact) mass is 365 g/mol. The fraction of sp³-hybridized carbons (Fsp3) is 0.211. The Morgan fingerprint density at radius 2 is 1.88 bits per heavy atom. The predicted octanol–water partition coefficient (Wildman–Crippen LogP) is 4.46. The number of alkyl halides is 3. The first kappa shape index (κ1) is 18.9. The average molecular weight is 366 g/mol. The second-order valence-corrected chi connectivity index (χ2v) is 5.72. The van der Waals surface area contributed by atoms with Crippen LogP contribution < -0.4 is 5.32 Å². The molecule has 0 aliphatic heterocycles. The summed E-state index contributed by atoms with van der Waals surface area (Å²) in [5, 5.41) is 3.23. The summed E-state index contributed by atoms with van der Waals surface area (Å²) in [4.78, 5) is 11.7. The van der Waals surface area contributed by atoms with Crippen molar-refractivity contribution in [1.29, 1.82) is 0 Å². The molecule has 0 bridgehead atoms. The van der Waals surface area contributed by atoms with Crippen LogP contribution in [-0.2, 0) is 17.4 Å². The van der Waals surface area contributed by atoms with E-state index in [1.54, 1.807) is 12.1 Å². The number of hydrogen-bond donors (Lipinski definition) is 1. The molecular formula is C19H15ClF3NO. The van der Waals surface area contributed by atoms with Crippen LogP contribution in [0.2, 0.25) is 5.02 Å². The van der Waals surface area contributed by atoms with Crippen molar-refractivity contribution in [1.82, 2.24) is 5.32 Å². The second kappa shape index (κ2) is 8.59. The quantitative estimate of drug-likeness (QED) is 0.796. The fourth-order valence-electron chi connectivity index (χ4n) is 2.10. The van der Waals surface area contributed by atoms with E-state index in [1.165, 1.54) is 12.1 Å². The number of nitrogens with one attached hydrogen (secondary N) is 1. The summed E-state index contributed by atoms with van der Waals surface area (Å²) in [5.74, 6) is 5.08. The zero-order valence-electron chi connectivity index (χ0n) is 13.2. The first-order valence-corrected chi connectivity index (χ1v) is 7.89. The van der Waals surface area contributed by atoms with Gasteiger partial charge < -0.3 is 5.32 Å². The highest BCUT2D eigenvalue weighted by atomic mass is 35.5. The smallest absolute Gasteiger partial charge is 0.345 e. The lowest BCUT2D eigenvalue weighted by Crippen LogP contribution is -2.23. The van der Waals surface area contributed by atoms with Crippen molar-refractivity contribution in [3.8, 4) is 11.8 Å². The summed E-state index contributed by atoms with van der Waals surface area (Å²) in [6.45, 7) is 0.0740. The first-order valence-electron chi connectivity index (χ1n) is 7.52. The van der Waals surface area contributed by atoms with Gasteiger partial charge in [0.15, 0.2) is 0 Å². The van der Waals surface area contributed by atoms with Crippen molar-refractivity contribution >= 4 is 17.5 Å². The highest BCUT2D eigenvalue weighted by molar-refractivity contribution is 6.30. The SMILES string of the molecule is O=C(CCc1cccc(Cl)c1)NCC#Cc1cccc(C(F)(F)F)c1. The van der Waals surface area contributed by atoms with E-state index >= 15 is 0 Å². The number of halogens is 4. The minimum atomic E-state index is -4.40. The lowest BCUT2D eigenvalue weighted by Gasteiger charge is -2.05.